The Kier molecular flexibility index (Phi) is 2.63. The summed E-state index contributed by atoms with van der Waals surface area (Å²) in [7, 11) is 0. The number of halogens is 4. The van der Waals surface area contributed by atoms with Crippen LogP contribution in [-0.2, 0) is 6.18 Å². The maximum atomic E-state index is 12.1. The molecule has 0 saturated carbocycles. The summed E-state index contributed by atoms with van der Waals surface area (Å²) in [6.45, 7) is 0. The summed E-state index contributed by atoms with van der Waals surface area (Å²) >= 11 is 5.20. The molecule has 0 unspecified atom stereocenters. The highest BCUT2D eigenvalue weighted by atomic mass is 35.5. The van der Waals surface area contributed by atoms with Gasteiger partial charge in [0.05, 0.1) is 17.4 Å². The van der Waals surface area contributed by atoms with Gasteiger partial charge in [-0.1, -0.05) is 11.6 Å². The lowest BCUT2D eigenvalue weighted by Crippen LogP contribution is -2.07. The van der Waals surface area contributed by atoms with Gasteiger partial charge in [0, 0.05) is 0 Å². The summed E-state index contributed by atoms with van der Waals surface area (Å²) in [5, 5.41) is 7.67. The normalized spacial score (nSPS) is 11.5. The van der Waals surface area contributed by atoms with Crippen molar-refractivity contribution in [1.29, 1.82) is 0 Å². The monoisotopic (exact) mass is 212 g/mol. The highest BCUT2D eigenvalue weighted by Gasteiger charge is 2.34. The number of anilines is 1. The molecule has 0 atom stereocenters. The topological polar surface area (TPSA) is 45.1 Å². The van der Waals surface area contributed by atoms with Crippen LogP contribution >= 0.6 is 11.6 Å². The van der Waals surface area contributed by atoms with Crippen LogP contribution < -0.4 is 5.48 Å². The molecule has 7 heteroatoms. The number of pyridine rings is 1. The first-order chi connectivity index (χ1) is 5.95. The van der Waals surface area contributed by atoms with Gasteiger partial charge in [0.2, 0.25) is 0 Å². The molecule has 1 aromatic heterocycles. The lowest BCUT2D eigenvalue weighted by molar-refractivity contribution is -0.137. The van der Waals surface area contributed by atoms with Crippen molar-refractivity contribution in [2.45, 2.75) is 6.18 Å². The Morgan fingerprint density at radius 3 is 2.54 bits per heavy atom. The Labute approximate surface area is 76.1 Å². The fraction of sp³-hybridized carbons (Fsp3) is 0.167. The Morgan fingerprint density at radius 2 is 2.08 bits per heavy atom. The SMILES string of the molecule is ONc1cnc(Cl)c(C(F)(F)F)c1. The third-order valence-electron chi connectivity index (χ3n) is 1.27. The Hall–Kier alpha value is -1.01. The van der Waals surface area contributed by atoms with E-state index in [1.165, 1.54) is 0 Å². The first-order valence-electron chi connectivity index (χ1n) is 3.08. The second-order valence-corrected chi connectivity index (χ2v) is 2.53. The first kappa shape index (κ1) is 10.1. The molecule has 72 valence electrons. The minimum atomic E-state index is -4.57. The molecule has 0 aliphatic heterocycles. The van der Waals surface area contributed by atoms with E-state index >= 15 is 0 Å². The molecular weight excluding hydrogens is 209 g/mol. The van der Waals surface area contributed by atoms with Crippen molar-refractivity contribution >= 4 is 17.3 Å². The van der Waals surface area contributed by atoms with E-state index in [1.807, 2.05) is 0 Å². The molecule has 2 N–H and O–H groups in total. The van der Waals surface area contributed by atoms with Crippen LogP contribution in [0.3, 0.4) is 0 Å². The zero-order chi connectivity index (χ0) is 10.1. The molecule has 0 spiro atoms. The van der Waals surface area contributed by atoms with Crippen molar-refractivity contribution in [2.24, 2.45) is 0 Å². The molecule has 0 amide bonds. The Bertz CT molecular complexity index is 315. The summed E-state index contributed by atoms with van der Waals surface area (Å²) in [5.74, 6) is 0. The minimum Gasteiger partial charge on any atom is -0.291 e. The molecule has 13 heavy (non-hydrogen) atoms. The predicted molar refractivity (Wildman–Crippen MR) is 39.7 cm³/mol. The lowest BCUT2D eigenvalue weighted by Gasteiger charge is -2.08. The quantitative estimate of drug-likeness (QED) is 0.556. The largest absolute Gasteiger partial charge is 0.419 e. The zero-order valence-corrected chi connectivity index (χ0v) is 6.82. The molecule has 1 heterocycles. The number of alkyl halides is 3. The van der Waals surface area contributed by atoms with Gasteiger partial charge in [0.25, 0.3) is 0 Å². The van der Waals surface area contributed by atoms with Crippen LogP contribution in [0.5, 0.6) is 0 Å². The minimum absolute atomic E-state index is 0.170. The standard InChI is InChI=1S/C6H4ClF3N2O/c7-5-4(6(8,9)10)1-3(12-13)2-11-5/h1-2,12-13H. The van der Waals surface area contributed by atoms with E-state index in [2.05, 4.69) is 4.98 Å². The lowest BCUT2D eigenvalue weighted by atomic mass is 10.2. The highest BCUT2D eigenvalue weighted by molar-refractivity contribution is 6.30. The fourth-order valence-electron chi connectivity index (χ4n) is 0.708. The number of hydrogen-bond donors (Lipinski definition) is 2. The van der Waals surface area contributed by atoms with Crippen LogP contribution in [0.15, 0.2) is 12.3 Å². The van der Waals surface area contributed by atoms with Gasteiger partial charge in [-0.3, -0.25) is 10.7 Å². The van der Waals surface area contributed by atoms with Gasteiger partial charge < -0.3 is 0 Å². The average molecular weight is 213 g/mol. The highest BCUT2D eigenvalue weighted by Crippen LogP contribution is 2.34. The number of rotatable bonds is 1. The van der Waals surface area contributed by atoms with Crippen LogP contribution in [0.2, 0.25) is 5.15 Å². The van der Waals surface area contributed by atoms with Crippen LogP contribution in [0.1, 0.15) is 5.56 Å². The van der Waals surface area contributed by atoms with Crippen LogP contribution in [0.25, 0.3) is 0 Å². The van der Waals surface area contributed by atoms with Crippen molar-refractivity contribution < 1.29 is 18.4 Å². The smallest absolute Gasteiger partial charge is 0.291 e. The van der Waals surface area contributed by atoms with Gasteiger partial charge >= 0.3 is 6.18 Å². The molecule has 0 aliphatic rings. The van der Waals surface area contributed by atoms with E-state index in [1.54, 1.807) is 5.48 Å². The molecule has 0 aromatic carbocycles. The first-order valence-corrected chi connectivity index (χ1v) is 3.46. The Morgan fingerprint density at radius 1 is 1.46 bits per heavy atom. The van der Waals surface area contributed by atoms with Crippen molar-refractivity contribution in [3.8, 4) is 0 Å². The number of nitrogens with zero attached hydrogens (tertiary/aromatic N) is 1. The van der Waals surface area contributed by atoms with Gasteiger partial charge in [-0.25, -0.2) is 4.98 Å². The van der Waals surface area contributed by atoms with Crippen molar-refractivity contribution in [3.05, 3.63) is 23.0 Å². The summed E-state index contributed by atoms with van der Waals surface area (Å²) in [6, 6.07) is 0.662. The van der Waals surface area contributed by atoms with E-state index in [4.69, 9.17) is 16.8 Å². The molecule has 0 aliphatic carbocycles. The van der Waals surface area contributed by atoms with Crippen LogP contribution in [0, 0.1) is 0 Å². The summed E-state index contributed by atoms with van der Waals surface area (Å²) in [4.78, 5) is 3.24. The molecular formula is C6H4ClF3N2O. The van der Waals surface area contributed by atoms with Gasteiger partial charge in [-0.2, -0.15) is 13.2 Å². The molecule has 1 rings (SSSR count). The second-order valence-electron chi connectivity index (χ2n) is 2.17. The van der Waals surface area contributed by atoms with Gasteiger partial charge in [-0.05, 0) is 6.07 Å². The van der Waals surface area contributed by atoms with Gasteiger partial charge in [-0.15, -0.1) is 0 Å². The average Bonchev–Trinajstić information content (AvgIpc) is 2.03. The summed E-state index contributed by atoms with van der Waals surface area (Å²) < 4.78 is 36.4. The third-order valence-corrected chi connectivity index (χ3v) is 1.57. The molecule has 3 nitrogen and oxygen atoms in total. The predicted octanol–water partition coefficient (Wildman–Crippen LogP) is 2.55. The molecule has 0 fully saturated rings. The molecule has 0 saturated heterocycles. The van der Waals surface area contributed by atoms with Crippen molar-refractivity contribution in [2.75, 3.05) is 5.48 Å². The fourth-order valence-corrected chi connectivity index (χ4v) is 0.919. The van der Waals surface area contributed by atoms with E-state index in [9.17, 15) is 13.2 Å². The zero-order valence-electron chi connectivity index (χ0n) is 6.06. The molecule has 1 aromatic rings. The number of aromatic nitrogens is 1. The third kappa shape index (κ3) is 2.22. The van der Waals surface area contributed by atoms with E-state index in [0.717, 1.165) is 6.20 Å². The van der Waals surface area contributed by atoms with E-state index in [0.29, 0.717) is 6.07 Å². The van der Waals surface area contributed by atoms with Crippen molar-refractivity contribution in [1.82, 2.24) is 4.98 Å². The number of hydrogen-bond acceptors (Lipinski definition) is 3. The molecule has 0 bridgehead atoms. The number of nitrogens with one attached hydrogen (secondary N) is 1. The summed E-state index contributed by atoms with van der Waals surface area (Å²) in [5.41, 5.74) is 0.286. The summed E-state index contributed by atoms with van der Waals surface area (Å²) in [6.07, 6.45) is -3.59. The van der Waals surface area contributed by atoms with Gasteiger partial charge in [0.1, 0.15) is 5.15 Å². The van der Waals surface area contributed by atoms with Crippen LogP contribution in [0.4, 0.5) is 18.9 Å². The van der Waals surface area contributed by atoms with E-state index in [-0.39, 0.29) is 5.69 Å². The van der Waals surface area contributed by atoms with E-state index < -0.39 is 16.9 Å². The Balaban J connectivity index is 3.19. The van der Waals surface area contributed by atoms with Crippen LogP contribution in [-0.4, -0.2) is 10.2 Å². The second kappa shape index (κ2) is 3.39. The molecule has 0 radical (unpaired) electrons. The maximum Gasteiger partial charge on any atom is 0.419 e. The maximum absolute atomic E-state index is 12.1. The van der Waals surface area contributed by atoms with Gasteiger partial charge in [0.15, 0.2) is 0 Å². The van der Waals surface area contributed by atoms with Crippen molar-refractivity contribution in [3.63, 3.8) is 0 Å².